The van der Waals surface area contributed by atoms with Crippen molar-refractivity contribution in [2.75, 3.05) is 16.8 Å². The van der Waals surface area contributed by atoms with Gasteiger partial charge in [-0.05, 0) is 32.8 Å². The molecule has 2 aliphatic rings. The molecule has 0 aromatic heterocycles. The van der Waals surface area contributed by atoms with Gasteiger partial charge in [-0.15, -0.1) is 0 Å². The molecule has 1 aliphatic heterocycles. The molecule has 22 heavy (non-hydrogen) atoms. The van der Waals surface area contributed by atoms with Crippen LogP contribution in [0.5, 0.6) is 5.75 Å². The lowest BCUT2D eigenvalue weighted by molar-refractivity contribution is -0.384. The summed E-state index contributed by atoms with van der Waals surface area (Å²) in [6.07, 6.45) is 2.23. The lowest BCUT2D eigenvalue weighted by Crippen LogP contribution is -2.47. The number of nitrogens with one attached hydrogen (secondary N) is 1. The van der Waals surface area contributed by atoms with E-state index in [-0.39, 0.29) is 17.3 Å². The Morgan fingerprint density at radius 2 is 2.14 bits per heavy atom. The van der Waals surface area contributed by atoms with Crippen LogP contribution in [0.4, 0.5) is 17.1 Å². The molecule has 3 rings (SSSR count). The Labute approximate surface area is 128 Å². The van der Waals surface area contributed by atoms with Crippen molar-refractivity contribution in [1.29, 1.82) is 0 Å². The van der Waals surface area contributed by atoms with Crippen molar-refractivity contribution in [3.8, 4) is 5.75 Å². The Kier molecular flexibility index (Phi) is 3.23. The molecular formula is C15H19N3O4. The highest BCUT2D eigenvalue weighted by atomic mass is 16.6. The first-order valence-electron chi connectivity index (χ1n) is 7.32. The van der Waals surface area contributed by atoms with Crippen LogP contribution in [0.2, 0.25) is 0 Å². The number of nitro groups is 1. The quantitative estimate of drug-likeness (QED) is 0.685. The van der Waals surface area contributed by atoms with Crippen LogP contribution in [-0.2, 0) is 4.79 Å². The van der Waals surface area contributed by atoms with Gasteiger partial charge in [0.05, 0.1) is 23.2 Å². The van der Waals surface area contributed by atoms with Crippen molar-refractivity contribution in [1.82, 2.24) is 0 Å². The molecule has 0 saturated heterocycles. The summed E-state index contributed by atoms with van der Waals surface area (Å²) in [7, 11) is 0. The number of fused-ring (bicyclic) bond motifs is 1. The summed E-state index contributed by atoms with van der Waals surface area (Å²) in [4.78, 5) is 24.3. The molecule has 7 nitrogen and oxygen atoms in total. The summed E-state index contributed by atoms with van der Waals surface area (Å²) in [5.74, 6) is 0.169. The van der Waals surface area contributed by atoms with E-state index in [1.165, 1.54) is 13.0 Å². The topological polar surface area (TPSA) is 84.7 Å². The van der Waals surface area contributed by atoms with Gasteiger partial charge in [0.15, 0.2) is 5.75 Å². The van der Waals surface area contributed by atoms with E-state index in [9.17, 15) is 14.9 Å². The number of anilines is 2. The van der Waals surface area contributed by atoms with E-state index in [1.54, 1.807) is 6.07 Å². The first-order valence-corrected chi connectivity index (χ1v) is 7.32. The van der Waals surface area contributed by atoms with Gasteiger partial charge in [0, 0.05) is 13.0 Å². The van der Waals surface area contributed by atoms with Crippen LogP contribution in [-0.4, -0.2) is 29.0 Å². The second-order valence-corrected chi connectivity index (χ2v) is 6.50. The third-order valence-corrected chi connectivity index (χ3v) is 3.82. The molecule has 1 heterocycles. The van der Waals surface area contributed by atoms with E-state index < -0.39 is 10.5 Å². The summed E-state index contributed by atoms with van der Waals surface area (Å²) < 4.78 is 5.92. The average Bonchev–Trinajstić information content (AvgIpc) is 3.20. The number of hydrogen-bond acceptors (Lipinski definition) is 5. The molecule has 1 N–H and O–H groups in total. The molecular weight excluding hydrogens is 286 g/mol. The Bertz CT molecular complexity index is 652. The first-order chi connectivity index (χ1) is 10.3. The zero-order valence-corrected chi connectivity index (χ0v) is 12.9. The van der Waals surface area contributed by atoms with Crippen molar-refractivity contribution >= 4 is 23.0 Å². The summed E-state index contributed by atoms with van der Waals surface area (Å²) in [6, 6.07) is 3.52. The number of hydrogen-bond donors (Lipinski definition) is 1. The summed E-state index contributed by atoms with van der Waals surface area (Å²) in [5.41, 5.74) is 0.475. The second kappa shape index (κ2) is 4.86. The number of rotatable bonds is 3. The first kappa shape index (κ1) is 14.6. The lowest BCUT2D eigenvalue weighted by atomic mass is 10.0. The second-order valence-electron chi connectivity index (χ2n) is 6.50. The predicted molar refractivity (Wildman–Crippen MR) is 82.5 cm³/mol. The van der Waals surface area contributed by atoms with Gasteiger partial charge in [0.25, 0.3) is 5.69 Å². The molecule has 1 saturated carbocycles. The molecule has 118 valence electrons. The number of carbonyl (C=O) groups is 1. The predicted octanol–water partition coefficient (Wildman–Crippen LogP) is 2.69. The van der Waals surface area contributed by atoms with Gasteiger partial charge in [0.2, 0.25) is 5.91 Å². The van der Waals surface area contributed by atoms with E-state index in [1.807, 2.05) is 13.8 Å². The third-order valence-electron chi connectivity index (χ3n) is 3.82. The maximum atomic E-state index is 11.3. The van der Waals surface area contributed by atoms with Gasteiger partial charge in [-0.3, -0.25) is 14.9 Å². The number of benzene rings is 1. The highest BCUT2D eigenvalue weighted by Crippen LogP contribution is 2.46. The largest absolute Gasteiger partial charge is 0.484 e. The third kappa shape index (κ3) is 2.70. The molecule has 1 aromatic rings. The number of ether oxygens (including phenoxy) is 1. The molecule has 0 spiro atoms. The number of nitro benzene ring substituents is 1. The number of nitrogens with zero attached hydrogens (tertiary/aromatic N) is 2. The average molecular weight is 305 g/mol. The standard InChI is InChI=1S/C15H19N3O4/c1-9(19)16-11-6-13-14(7-12(11)18(20)21)22-15(2,3)8-17(13)10-4-5-10/h6-7,10H,4-5,8H2,1-3H3,(H,16,19). The molecule has 0 atom stereocenters. The van der Waals surface area contributed by atoms with Crippen LogP contribution in [0.25, 0.3) is 0 Å². The molecule has 1 amide bonds. The monoisotopic (exact) mass is 305 g/mol. The lowest BCUT2D eigenvalue weighted by Gasteiger charge is -2.41. The minimum absolute atomic E-state index is 0.151. The van der Waals surface area contributed by atoms with Crippen molar-refractivity contribution in [2.45, 2.75) is 45.3 Å². The SMILES string of the molecule is CC(=O)Nc1cc2c(cc1[N+](=O)[O-])OC(C)(C)CN2C1CC1. The fourth-order valence-corrected chi connectivity index (χ4v) is 2.84. The van der Waals surface area contributed by atoms with Crippen LogP contribution in [0, 0.1) is 10.1 Å². The fourth-order valence-electron chi connectivity index (χ4n) is 2.84. The van der Waals surface area contributed by atoms with Gasteiger partial charge in [-0.1, -0.05) is 0 Å². The van der Waals surface area contributed by atoms with Crippen LogP contribution in [0.3, 0.4) is 0 Å². The Balaban J connectivity index is 2.10. The van der Waals surface area contributed by atoms with Gasteiger partial charge in [0.1, 0.15) is 11.3 Å². The fraction of sp³-hybridized carbons (Fsp3) is 0.533. The molecule has 1 fully saturated rings. The normalized spacial score (nSPS) is 19.1. The smallest absolute Gasteiger partial charge is 0.296 e. The van der Waals surface area contributed by atoms with E-state index in [0.717, 1.165) is 25.1 Å². The summed E-state index contributed by atoms with van der Waals surface area (Å²) in [5, 5.41) is 13.8. The Morgan fingerprint density at radius 1 is 1.45 bits per heavy atom. The molecule has 0 bridgehead atoms. The minimum atomic E-state index is -0.502. The Morgan fingerprint density at radius 3 is 2.68 bits per heavy atom. The molecule has 0 radical (unpaired) electrons. The summed E-state index contributed by atoms with van der Waals surface area (Å²) in [6.45, 7) is 6.00. The van der Waals surface area contributed by atoms with Crippen LogP contribution >= 0.6 is 0 Å². The van der Waals surface area contributed by atoms with Gasteiger partial charge < -0.3 is 15.0 Å². The van der Waals surface area contributed by atoms with Gasteiger partial charge in [-0.25, -0.2) is 0 Å². The van der Waals surface area contributed by atoms with E-state index >= 15 is 0 Å². The van der Waals surface area contributed by atoms with Gasteiger partial charge in [-0.2, -0.15) is 0 Å². The highest BCUT2D eigenvalue weighted by molar-refractivity contribution is 5.93. The maximum absolute atomic E-state index is 11.3. The summed E-state index contributed by atoms with van der Waals surface area (Å²) >= 11 is 0. The molecule has 1 aliphatic carbocycles. The highest BCUT2D eigenvalue weighted by Gasteiger charge is 2.40. The van der Waals surface area contributed by atoms with Crippen LogP contribution in [0.15, 0.2) is 12.1 Å². The maximum Gasteiger partial charge on any atom is 0.296 e. The van der Waals surface area contributed by atoms with E-state index in [0.29, 0.717) is 11.8 Å². The van der Waals surface area contributed by atoms with Crippen LogP contribution < -0.4 is 15.0 Å². The van der Waals surface area contributed by atoms with E-state index in [2.05, 4.69) is 10.2 Å². The van der Waals surface area contributed by atoms with Crippen molar-refractivity contribution in [3.05, 3.63) is 22.2 Å². The zero-order chi connectivity index (χ0) is 16.1. The van der Waals surface area contributed by atoms with E-state index in [4.69, 9.17) is 4.74 Å². The minimum Gasteiger partial charge on any atom is -0.484 e. The van der Waals surface area contributed by atoms with Crippen molar-refractivity contribution < 1.29 is 14.5 Å². The Hall–Kier alpha value is -2.31. The van der Waals surface area contributed by atoms with Crippen molar-refractivity contribution in [2.24, 2.45) is 0 Å². The molecule has 1 aromatic carbocycles. The molecule has 0 unspecified atom stereocenters. The number of carbonyl (C=O) groups excluding carboxylic acids is 1. The number of amides is 1. The van der Waals surface area contributed by atoms with Crippen molar-refractivity contribution in [3.63, 3.8) is 0 Å². The molecule has 7 heteroatoms. The van der Waals surface area contributed by atoms with Gasteiger partial charge >= 0.3 is 0 Å². The zero-order valence-electron chi connectivity index (χ0n) is 12.9. The van der Waals surface area contributed by atoms with Crippen LogP contribution in [0.1, 0.15) is 33.6 Å².